The van der Waals surface area contributed by atoms with Crippen molar-refractivity contribution in [2.24, 2.45) is 0 Å². The van der Waals surface area contributed by atoms with E-state index >= 15 is 0 Å². The number of aryl methyl sites for hydroxylation is 1. The largest absolute Gasteiger partial charge is 0.284 e. The van der Waals surface area contributed by atoms with Gasteiger partial charge < -0.3 is 0 Å². The molecule has 0 amide bonds. The van der Waals surface area contributed by atoms with Gasteiger partial charge in [0.05, 0.1) is 12.3 Å². The maximum atomic E-state index is 12.1. The van der Waals surface area contributed by atoms with Crippen LogP contribution < -0.4 is 0 Å². The first-order valence-electron chi connectivity index (χ1n) is 4.80. The van der Waals surface area contributed by atoms with Crippen molar-refractivity contribution in [2.45, 2.75) is 24.0 Å². The van der Waals surface area contributed by atoms with Crippen molar-refractivity contribution < 1.29 is 13.3 Å². The summed E-state index contributed by atoms with van der Waals surface area (Å²) in [5.74, 6) is 0. The van der Waals surface area contributed by atoms with Gasteiger partial charge in [0, 0.05) is 6.54 Å². The minimum absolute atomic E-state index is 0.166. The van der Waals surface area contributed by atoms with E-state index in [9.17, 15) is 8.42 Å². The lowest BCUT2D eigenvalue weighted by Crippen LogP contribution is -2.35. The summed E-state index contributed by atoms with van der Waals surface area (Å²) in [5.41, 5.74) is 0.421. The number of aromatic nitrogens is 1. The number of rotatable bonds is 2. The number of sulfonamides is 1. The molecule has 0 radical (unpaired) electrons. The standard InChI is InChI=1S/C8H11ClN2O3S2/c1-6-7(15-8(9)10-6)16(12,13)11-4-2-3-5-14-11/h2-5H2,1H3. The van der Waals surface area contributed by atoms with Gasteiger partial charge >= 0.3 is 0 Å². The highest BCUT2D eigenvalue weighted by Gasteiger charge is 2.31. The predicted octanol–water partition coefficient (Wildman–Crippen LogP) is 1.82. The normalized spacial score (nSPS) is 18.9. The molecule has 1 aromatic heterocycles. The lowest BCUT2D eigenvalue weighted by molar-refractivity contribution is -0.108. The van der Waals surface area contributed by atoms with Crippen LogP contribution >= 0.6 is 22.9 Å². The molecule has 0 spiro atoms. The summed E-state index contributed by atoms with van der Waals surface area (Å²) in [6.07, 6.45) is 1.69. The second-order valence-corrected chi connectivity index (χ2v) is 7.02. The van der Waals surface area contributed by atoms with E-state index in [0.29, 0.717) is 18.8 Å². The lowest BCUT2D eigenvalue weighted by atomic mass is 10.3. The fraction of sp³-hybridized carbons (Fsp3) is 0.625. The molecule has 2 heterocycles. The zero-order chi connectivity index (χ0) is 11.8. The van der Waals surface area contributed by atoms with Crippen LogP contribution in [0.5, 0.6) is 0 Å². The van der Waals surface area contributed by atoms with E-state index in [1.54, 1.807) is 6.92 Å². The van der Waals surface area contributed by atoms with Crippen molar-refractivity contribution in [3.8, 4) is 0 Å². The molecule has 0 aliphatic carbocycles. The second kappa shape index (κ2) is 4.58. The van der Waals surface area contributed by atoms with Gasteiger partial charge in [-0.3, -0.25) is 4.84 Å². The van der Waals surface area contributed by atoms with E-state index in [1.165, 1.54) is 0 Å². The Hall–Kier alpha value is -0.210. The van der Waals surface area contributed by atoms with Gasteiger partial charge in [0.15, 0.2) is 8.68 Å². The van der Waals surface area contributed by atoms with Crippen LogP contribution in [0.3, 0.4) is 0 Å². The summed E-state index contributed by atoms with van der Waals surface area (Å²) < 4.78 is 25.7. The Morgan fingerprint density at radius 1 is 1.50 bits per heavy atom. The van der Waals surface area contributed by atoms with Gasteiger partial charge in [-0.2, -0.15) is 0 Å². The molecular weight excluding hydrogens is 272 g/mol. The fourth-order valence-electron chi connectivity index (χ4n) is 1.45. The molecule has 1 aromatic rings. The molecule has 0 bridgehead atoms. The van der Waals surface area contributed by atoms with Crippen molar-refractivity contribution in [3.63, 3.8) is 0 Å². The smallest absolute Gasteiger partial charge is 0.276 e. The second-order valence-electron chi connectivity index (χ2n) is 3.41. The van der Waals surface area contributed by atoms with E-state index in [1.807, 2.05) is 0 Å². The SMILES string of the molecule is Cc1nc(Cl)sc1S(=O)(=O)N1CCCCO1. The van der Waals surface area contributed by atoms with E-state index in [4.69, 9.17) is 16.4 Å². The van der Waals surface area contributed by atoms with Gasteiger partial charge in [0.2, 0.25) is 0 Å². The van der Waals surface area contributed by atoms with Crippen LogP contribution in [0.1, 0.15) is 18.5 Å². The number of thiazole rings is 1. The van der Waals surface area contributed by atoms with Crippen molar-refractivity contribution in [1.29, 1.82) is 0 Å². The molecule has 8 heteroatoms. The van der Waals surface area contributed by atoms with Crippen LogP contribution in [-0.4, -0.2) is 31.0 Å². The highest BCUT2D eigenvalue weighted by Crippen LogP contribution is 2.30. The molecule has 2 rings (SSSR count). The summed E-state index contributed by atoms with van der Waals surface area (Å²) in [6.45, 7) is 2.45. The Balaban J connectivity index is 2.34. The highest BCUT2D eigenvalue weighted by molar-refractivity contribution is 7.91. The Bertz CT molecular complexity index is 479. The molecule has 1 aliphatic heterocycles. The number of nitrogens with zero attached hydrogens (tertiary/aromatic N) is 2. The van der Waals surface area contributed by atoms with Crippen LogP contribution in [0.2, 0.25) is 4.47 Å². The maximum Gasteiger partial charge on any atom is 0.276 e. The van der Waals surface area contributed by atoms with E-state index in [2.05, 4.69) is 4.98 Å². The number of hydroxylamine groups is 1. The number of hydrogen-bond donors (Lipinski definition) is 0. The topological polar surface area (TPSA) is 59.5 Å². The van der Waals surface area contributed by atoms with Gasteiger partial charge in [-0.1, -0.05) is 27.4 Å². The molecule has 0 N–H and O–H groups in total. The van der Waals surface area contributed by atoms with Crippen molar-refractivity contribution in [1.82, 2.24) is 9.45 Å². The van der Waals surface area contributed by atoms with Crippen molar-refractivity contribution in [2.75, 3.05) is 13.2 Å². The predicted molar refractivity (Wildman–Crippen MR) is 60.9 cm³/mol. The van der Waals surface area contributed by atoms with Gasteiger partial charge in [0.25, 0.3) is 10.0 Å². The van der Waals surface area contributed by atoms with Crippen LogP contribution in [0, 0.1) is 6.92 Å². The molecule has 16 heavy (non-hydrogen) atoms. The average Bonchev–Trinajstić information content (AvgIpc) is 2.60. The molecule has 5 nitrogen and oxygen atoms in total. The third-order valence-electron chi connectivity index (χ3n) is 2.20. The quantitative estimate of drug-likeness (QED) is 0.830. The lowest BCUT2D eigenvalue weighted by Gasteiger charge is -2.24. The van der Waals surface area contributed by atoms with Crippen LogP contribution in [0.25, 0.3) is 0 Å². The number of halogens is 1. The van der Waals surface area contributed by atoms with Crippen molar-refractivity contribution in [3.05, 3.63) is 10.2 Å². The summed E-state index contributed by atoms with van der Waals surface area (Å²) in [5, 5.41) is 0. The van der Waals surface area contributed by atoms with E-state index < -0.39 is 10.0 Å². The Morgan fingerprint density at radius 2 is 2.25 bits per heavy atom. The Morgan fingerprint density at radius 3 is 2.75 bits per heavy atom. The van der Waals surface area contributed by atoms with E-state index in [-0.39, 0.29) is 8.68 Å². The monoisotopic (exact) mass is 282 g/mol. The first-order valence-corrected chi connectivity index (χ1v) is 7.44. The fourth-order valence-corrected chi connectivity index (χ4v) is 4.56. The third kappa shape index (κ3) is 2.23. The van der Waals surface area contributed by atoms with Gasteiger partial charge in [-0.05, 0) is 19.8 Å². The van der Waals surface area contributed by atoms with Gasteiger partial charge in [0.1, 0.15) is 0 Å². The van der Waals surface area contributed by atoms with Crippen LogP contribution in [0.4, 0.5) is 0 Å². The summed E-state index contributed by atoms with van der Waals surface area (Å²) in [4.78, 5) is 9.04. The van der Waals surface area contributed by atoms with Crippen LogP contribution in [-0.2, 0) is 14.9 Å². The zero-order valence-corrected chi connectivity index (χ0v) is 11.0. The van der Waals surface area contributed by atoms with Gasteiger partial charge in [-0.15, -0.1) is 0 Å². The average molecular weight is 283 g/mol. The highest BCUT2D eigenvalue weighted by atomic mass is 35.5. The maximum absolute atomic E-state index is 12.1. The third-order valence-corrected chi connectivity index (χ3v) is 5.73. The molecule has 0 atom stereocenters. The minimum Gasteiger partial charge on any atom is -0.284 e. The van der Waals surface area contributed by atoms with E-state index in [0.717, 1.165) is 28.6 Å². The summed E-state index contributed by atoms with van der Waals surface area (Å²) >= 11 is 6.65. The van der Waals surface area contributed by atoms with Crippen molar-refractivity contribution >= 4 is 33.0 Å². The Kier molecular flexibility index (Phi) is 3.50. The number of hydrogen-bond acceptors (Lipinski definition) is 5. The molecule has 1 aliphatic rings. The molecule has 90 valence electrons. The molecule has 1 saturated heterocycles. The Labute approximate surface area is 103 Å². The van der Waals surface area contributed by atoms with Crippen LogP contribution in [0.15, 0.2) is 4.21 Å². The van der Waals surface area contributed by atoms with Gasteiger partial charge in [-0.25, -0.2) is 13.4 Å². The molecule has 0 saturated carbocycles. The molecule has 0 aromatic carbocycles. The molecular formula is C8H11ClN2O3S2. The summed E-state index contributed by atoms with van der Waals surface area (Å²) in [7, 11) is -3.59. The zero-order valence-electron chi connectivity index (χ0n) is 8.64. The molecule has 0 unspecified atom stereocenters. The first kappa shape index (κ1) is 12.3. The first-order chi connectivity index (χ1) is 7.51. The summed E-state index contributed by atoms with van der Waals surface area (Å²) in [6, 6.07) is 0. The molecule has 1 fully saturated rings. The minimum atomic E-state index is -3.59.